The second-order valence-corrected chi connectivity index (χ2v) is 14.8. The molecule has 2 unspecified atom stereocenters. The molecular formula is C20H34O2P2. The largest absolute Gasteiger partial charge is 0.322 e. The summed E-state index contributed by atoms with van der Waals surface area (Å²) in [6.45, 7) is 13.2. The summed E-state index contributed by atoms with van der Waals surface area (Å²) in [4.78, 5) is 0. The van der Waals surface area contributed by atoms with Crippen LogP contribution in [0.1, 0.15) is 67.2 Å². The number of unbranched alkanes of at least 4 members (excludes halogenated alkanes) is 2. The highest BCUT2D eigenvalue weighted by atomic mass is 31.2. The lowest BCUT2D eigenvalue weighted by molar-refractivity contribution is 0.388. The van der Waals surface area contributed by atoms with Crippen LogP contribution >= 0.6 is 14.3 Å². The summed E-state index contributed by atoms with van der Waals surface area (Å²) in [7, 11) is -4.75. The van der Waals surface area contributed by atoms with Gasteiger partial charge in [-0.05, 0) is 39.4 Å². The van der Waals surface area contributed by atoms with E-state index in [-0.39, 0.29) is 22.4 Å². The summed E-state index contributed by atoms with van der Waals surface area (Å²) in [5.74, 6) is 2.14. The summed E-state index contributed by atoms with van der Waals surface area (Å²) < 4.78 is 28.2. The first-order valence-corrected chi connectivity index (χ1v) is 13.8. The van der Waals surface area contributed by atoms with Crippen molar-refractivity contribution >= 4 is 14.3 Å². The van der Waals surface area contributed by atoms with Gasteiger partial charge in [-0.15, -0.1) is 0 Å². The van der Waals surface area contributed by atoms with Gasteiger partial charge in [0, 0.05) is 34.7 Å². The second-order valence-electron chi connectivity index (χ2n) is 8.62. The molecule has 0 saturated carbocycles. The third-order valence-corrected chi connectivity index (χ3v) is 15.6. The van der Waals surface area contributed by atoms with E-state index in [2.05, 4.69) is 47.4 Å². The first-order chi connectivity index (χ1) is 11.2. The minimum absolute atomic E-state index is 0.0930. The summed E-state index contributed by atoms with van der Waals surface area (Å²) in [5.41, 5.74) is 4.18. The predicted octanol–water partition coefficient (Wildman–Crippen LogP) is 6.71. The van der Waals surface area contributed by atoms with Crippen molar-refractivity contribution in [3.63, 3.8) is 0 Å². The van der Waals surface area contributed by atoms with Gasteiger partial charge >= 0.3 is 0 Å². The van der Waals surface area contributed by atoms with Gasteiger partial charge in [-0.25, -0.2) is 0 Å². The Kier molecular flexibility index (Phi) is 4.67. The number of rotatable bonds is 6. The van der Waals surface area contributed by atoms with Gasteiger partial charge in [0.25, 0.3) is 0 Å². The van der Waals surface area contributed by atoms with Crippen LogP contribution in [0.2, 0.25) is 0 Å². The van der Waals surface area contributed by atoms with E-state index in [4.69, 9.17) is 0 Å². The molecule has 3 aliphatic rings. The Bertz CT molecular complexity index is 702. The average molecular weight is 368 g/mol. The van der Waals surface area contributed by atoms with Gasteiger partial charge < -0.3 is 9.13 Å². The quantitative estimate of drug-likeness (QED) is 0.386. The molecule has 4 heteroatoms. The van der Waals surface area contributed by atoms with E-state index in [0.717, 1.165) is 38.0 Å². The smallest absolute Gasteiger partial charge is 0.113 e. The normalized spacial score (nSPS) is 46.6. The zero-order valence-corrected chi connectivity index (χ0v) is 18.1. The SMILES string of the molecule is CCCCP1(=O)C=C(C)[C@]2(C)[C@H]1[C@@H]1C(C)=C(C)[C@H]2P1(=O)CCCC. The fourth-order valence-electron chi connectivity index (χ4n) is 6.11. The van der Waals surface area contributed by atoms with Crippen LogP contribution in [0, 0.1) is 5.41 Å². The number of allylic oxidation sites excluding steroid dienone is 3. The van der Waals surface area contributed by atoms with E-state index in [1.807, 2.05) is 0 Å². The van der Waals surface area contributed by atoms with Gasteiger partial charge in [-0.2, -0.15) is 0 Å². The van der Waals surface area contributed by atoms with E-state index in [9.17, 15) is 9.13 Å². The van der Waals surface area contributed by atoms with Crippen molar-refractivity contribution in [2.24, 2.45) is 5.41 Å². The highest BCUT2D eigenvalue weighted by molar-refractivity contribution is 7.73. The molecule has 6 atom stereocenters. The Hall–Kier alpha value is -0.0600. The van der Waals surface area contributed by atoms with Crippen molar-refractivity contribution in [3.05, 3.63) is 22.5 Å². The molecule has 2 nitrogen and oxygen atoms in total. The van der Waals surface area contributed by atoms with E-state index in [1.165, 1.54) is 16.7 Å². The van der Waals surface area contributed by atoms with Gasteiger partial charge in [0.2, 0.25) is 0 Å². The second kappa shape index (κ2) is 5.99. The number of hydrogen-bond acceptors (Lipinski definition) is 2. The molecule has 0 aromatic carbocycles. The summed E-state index contributed by atoms with van der Waals surface area (Å²) in [6, 6.07) is 0. The van der Waals surface area contributed by atoms with Crippen molar-refractivity contribution in [1.82, 2.24) is 0 Å². The molecule has 1 saturated heterocycles. The molecule has 136 valence electrons. The third kappa shape index (κ3) is 2.15. The molecule has 24 heavy (non-hydrogen) atoms. The summed E-state index contributed by atoms with van der Waals surface area (Å²) >= 11 is 0. The van der Waals surface area contributed by atoms with E-state index in [1.54, 1.807) is 0 Å². The Morgan fingerprint density at radius 2 is 1.58 bits per heavy atom. The lowest BCUT2D eigenvalue weighted by atomic mass is 9.69. The minimum Gasteiger partial charge on any atom is -0.322 e. The van der Waals surface area contributed by atoms with E-state index < -0.39 is 14.3 Å². The van der Waals surface area contributed by atoms with Crippen LogP contribution in [0.4, 0.5) is 0 Å². The van der Waals surface area contributed by atoms with Crippen LogP contribution in [-0.2, 0) is 9.13 Å². The number of hydrogen-bond donors (Lipinski definition) is 0. The van der Waals surface area contributed by atoms with Crippen molar-refractivity contribution in [2.45, 2.75) is 84.2 Å². The van der Waals surface area contributed by atoms with Gasteiger partial charge in [0.15, 0.2) is 0 Å². The van der Waals surface area contributed by atoms with Crippen LogP contribution in [-0.4, -0.2) is 29.3 Å². The lowest BCUT2D eigenvalue weighted by Crippen LogP contribution is -2.40. The topological polar surface area (TPSA) is 34.1 Å². The van der Waals surface area contributed by atoms with Crippen molar-refractivity contribution in [2.75, 3.05) is 12.3 Å². The molecule has 0 N–H and O–H groups in total. The maximum absolute atomic E-state index is 14.3. The van der Waals surface area contributed by atoms with Crippen LogP contribution in [0.25, 0.3) is 0 Å². The maximum Gasteiger partial charge on any atom is 0.113 e. The molecule has 0 amide bonds. The van der Waals surface area contributed by atoms with Crippen molar-refractivity contribution in [1.29, 1.82) is 0 Å². The average Bonchev–Trinajstić information content (AvgIpc) is 2.94. The van der Waals surface area contributed by atoms with Crippen LogP contribution in [0.5, 0.6) is 0 Å². The first-order valence-electron chi connectivity index (χ1n) is 9.72. The van der Waals surface area contributed by atoms with Gasteiger partial charge in [-0.3, -0.25) is 0 Å². The van der Waals surface area contributed by atoms with E-state index in [0.29, 0.717) is 0 Å². The molecule has 0 aromatic heterocycles. The maximum atomic E-state index is 14.3. The van der Waals surface area contributed by atoms with Crippen LogP contribution in [0.15, 0.2) is 22.5 Å². The third-order valence-electron chi connectivity index (χ3n) is 7.32. The molecule has 1 fully saturated rings. The predicted molar refractivity (Wildman–Crippen MR) is 106 cm³/mol. The van der Waals surface area contributed by atoms with E-state index >= 15 is 0 Å². The van der Waals surface area contributed by atoms with Gasteiger partial charge in [0.1, 0.15) is 14.3 Å². The number of fused-ring (bicyclic) bond motifs is 5. The Morgan fingerprint density at radius 3 is 2.17 bits per heavy atom. The molecule has 0 aliphatic carbocycles. The minimum atomic E-state index is -2.40. The van der Waals surface area contributed by atoms with Gasteiger partial charge in [0.05, 0.1) is 0 Å². The molecule has 3 rings (SSSR count). The molecule has 0 radical (unpaired) electrons. The first kappa shape index (κ1) is 18.7. The zero-order chi connectivity index (χ0) is 17.9. The fraction of sp³-hybridized carbons (Fsp3) is 0.800. The van der Waals surface area contributed by atoms with Crippen molar-refractivity contribution in [3.8, 4) is 0 Å². The molecule has 3 heterocycles. The lowest BCUT2D eigenvalue weighted by Gasteiger charge is -2.39. The molecule has 0 aromatic rings. The molecule has 2 bridgehead atoms. The molecule has 3 aliphatic heterocycles. The Balaban J connectivity index is 2.13. The van der Waals surface area contributed by atoms with Crippen LogP contribution < -0.4 is 0 Å². The fourth-order valence-corrected chi connectivity index (χ4v) is 17.3. The zero-order valence-electron chi connectivity index (χ0n) is 16.3. The standard InChI is InChI=1S/C20H34O2P2/c1-7-9-11-23(21)13-14(3)20(6)18-16(5)15(4)17(19(20)23)24(18,22)12-10-8-2/h13,17-19H,7-12H2,1-6H3/t17-,18+,19+,20-,23?,24?/m0/s1. The van der Waals surface area contributed by atoms with Crippen LogP contribution in [0.3, 0.4) is 0 Å². The monoisotopic (exact) mass is 368 g/mol. The Labute approximate surface area is 148 Å². The van der Waals surface area contributed by atoms with Crippen molar-refractivity contribution < 1.29 is 9.13 Å². The Morgan fingerprint density at radius 1 is 1.00 bits per heavy atom. The molecular weight excluding hydrogens is 334 g/mol. The highest BCUT2D eigenvalue weighted by Crippen LogP contribution is 2.87. The van der Waals surface area contributed by atoms with Gasteiger partial charge in [-0.1, -0.05) is 50.3 Å². The summed E-state index contributed by atoms with van der Waals surface area (Å²) in [5, 5.41) is 0. The highest BCUT2D eigenvalue weighted by Gasteiger charge is 2.73. The summed E-state index contributed by atoms with van der Waals surface area (Å²) in [6.07, 6.45) is 5.88. The molecule has 0 spiro atoms.